The zero-order valence-electron chi connectivity index (χ0n) is 27.8. The van der Waals surface area contributed by atoms with E-state index in [1.165, 1.54) is 5.56 Å². The van der Waals surface area contributed by atoms with Gasteiger partial charge in [0.15, 0.2) is 17.2 Å². The molecule has 1 aromatic carbocycles. The molecule has 1 aliphatic carbocycles. The zero-order chi connectivity index (χ0) is 33.1. The first-order chi connectivity index (χ1) is 22.6. The van der Waals surface area contributed by atoms with E-state index in [2.05, 4.69) is 64.3 Å². The Labute approximate surface area is 274 Å². The Balaban J connectivity index is 1.16. The summed E-state index contributed by atoms with van der Waals surface area (Å²) in [5.41, 5.74) is 4.54. The normalized spacial score (nSPS) is 16.2. The summed E-state index contributed by atoms with van der Waals surface area (Å²) in [6, 6.07) is 16.1. The lowest BCUT2D eigenvalue weighted by Gasteiger charge is -2.37. The Hall–Kier alpha value is -4.81. The summed E-state index contributed by atoms with van der Waals surface area (Å²) in [5.74, 6) is 2.66. The quantitative estimate of drug-likeness (QED) is 0.155. The summed E-state index contributed by atoms with van der Waals surface area (Å²) in [6.07, 6.45) is 5.55. The molecule has 12 heteroatoms. The molecule has 0 aliphatic heterocycles. The molecule has 0 saturated heterocycles. The number of carbonyl (C=O) groups excluding carboxylic acids is 1. The molecule has 246 valence electrons. The van der Waals surface area contributed by atoms with Crippen LogP contribution in [0, 0.1) is 6.92 Å². The van der Waals surface area contributed by atoms with Crippen molar-refractivity contribution in [3.63, 3.8) is 0 Å². The number of benzene rings is 1. The number of pyridine rings is 2. The van der Waals surface area contributed by atoms with Gasteiger partial charge in [0, 0.05) is 49.2 Å². The summed E-state index contributed by atoms with van der Waals surface area (Å²) < 4.78 is 21.5. The lowest BCUT2D eigenvalue weighted by molar-refractivity contribution is -0.117. The van der Waals surface area contributed by atoms with Gasteiger partial charge in [0.1, 0.15) is 11.6 Å². The molecule has 1 amide bonds. The molecule has 1 fully saturated rings. The fourth-order valence-corrected chi connectivity index (χ4v) is 5.68. The van der Waals surface area contributed by atoms with E-state index in [9.17, 15) is 4.79 Å². The summed E-state index contributed by atoms with van der Waals surface area (Å²) in [6.45, 7) is 9.55. The molecule has 0 spiro atoms. The van der Waals surface area contributed by atoms with Gasteiger partial charge in [-0.25, -0.2) is 9.97 Å². The Morgan fingerprint density at radius 1 is 1.06 bits per heavy atom. The van der Waals surface area contributed by atoms with Crippen molar-refractivity contribution < 1.29 is 19.0 Å². The van der Waals surface area contributed by atoms with Crippen LogP contribution in [0.1, 0.15) is 62.9 Å². The number of imidazole rings is 1. The predicted molar refractivity (Wildman–Crippen MR) is 180 cm³/mol. The molecule has 4 aromatic heterocycles. The molecule has 6 rings (SSSR count). The minimum atomic E-state index is -0.185. The molecule has 0 atom stereocenters. The molecular weight excluding hydrogens is 596 g/mol. The van der Waals surface area contributed by atoms with Crippen molar-refractivity contribution >= 4 is 34.7 Å². The maximum Gasteiger partial charge on any atom is 0.227 e. The number of aryl methyl sites for hydroxylation is 2. The minimum Gasteiger partial charge on any atom is -0.455 e. The number of amides is 1. The first kappa shape index (κ1) is 32.1. The third-order valence-electron chi connectivity index (χ3n) is 8.35. The van der Waals surface area contributed by atoms with Crippen LogP contribution in [-0.4, -0.2) is 55.0 Å². The first-order valence-corrected chi connectivity index (χ1v) is 15.9. The van der Waals surface area contributed by atoms with Crippen molar-refractivity contribution in [1.82, 2.24) is 29.3 Å². The maximum atomic E-state index is 12.1. The fourth-order valence-electron chi connectivity index (χ4n) is 5.68. The lowest BCUT2D eigenvalue weighted by Crippen LogP contribution is -2.36. The van der Waals surface area contributed by atoms with Crippen LogP contribution < -0.4 is 15.4 Å². The van der Waals surface area contributed by atoms with E-state index < -0.39 is 0 Å². The van der Waals surface area contributed by atoms with Crippen molar-refractivity contribution in [3.8, 4) is 11.5 Å². The van der Waals surface area contributed by atoms with Gasteiger partial charge in [-0.15, -0.1) is 0 Å². The van der Waals surface area contributed by atoms with Crippen molar-refractivity contribution in [2.24, 2.45) is 7.05 Å². The van der Waals surface area contributed by atoms with Gasteiger partial charge in [0.25, 0.3) is 0 Å². The highest BCUT2D eigenvalue weighted by atomic mass is 16.5. The van der Waals surface area contributed by atoms with E-state index in [0.29, 0.717) is 42.1 Å². The van der Waals surface area contributed by atoms with E-state index >= 15 is 0 Å². The number of aromatic nitrogens is 6. The van der Waals surface area contributed by atoms with Crippen molar-refractivity contribution in [2.75, 3.05) is 24.4 Å². The number of carbonyl (C=O) groups is 1. The molecular formula is C35H42N8O4. The molecule has 0 bridgehead atoms. The zero-order valence-corrected chi connectivity index (χ0v) is 27.8. The number of hydrogen-bond acceptors (Lipinski definition) is 9. The van der Waals surface area contributed by atoms with Gasteiger partial charge < -0.3 is 29.4 Å². The Bertz CT molecular complexity index is 1850. The number of methoxy groups -OCH3 is 1. The van der Waals surface area contributed by atoms with Crippen molar-refractivity contribution in [2.45, 2.75) is 71.1 Å². The predicted octanol–water partition coefficient (Wildman–Crippen LogP) is 6.60. The molecule has 5 aromatic rings. The topological polar surface area (TPSA) is 130 Å². The Morgan fingerprint density at radius 2 is 1.85 bits per heavy atom. The number of nitrogens with one attached hydrogen (secondary N) is 2. The second-order valence-corrected chi connectivity index (χ2v) is 13.0. The number of fused-ring (bicyclic) bond motifs is 1. The van der Waals surface area contributed by atoms with Crippen molar-refractivity contribution in [1.29, 1.82) is 0 Å². The second kappa shape index (κ2) is 13.5. The van der Waals surface area contributed by atoms with E-state index in [0.717, 1.165) is 35.4 Å². The van der Waals surface area contributed by atoms with Crippen LogP contribution in [0.25, 0.3) is 11.2 Å². The Morgan fingerprint density at radius 3 is 2.60 bits per heavy atom. The molecule has 1 aliphatic rings. The number of ether oxygens (including phenoxy) is 3. The van der Waals surface area contributed by atoms with Crippen LogP contribution >= 0.6 is 0 Å². The van der Waals surface area contributed by atoms with Crippen LogP contribution in [-0.2, 0) is 33.3 Å². The maximum absolute atomic E-state index is 12.1. The minimum absolute atomic E-state index is 0.0980. The molecule has 12 nitrogen and oxygen atoms in total. The van der Waals surface area contributed by atoms with E-state index in [1.54, 1.807) is 31.6 Å². The van der Waals surface area contributed by atoms with Crippen LogP contribution in [0.4, 0.5) is 17.6 Å². The molecule has 1 saturated carbocycles. The van der Waals surface area contributed by atoms with E-state index in [-0.39, 0.29) is 29.9 Å². The largest absolute Gasteiger partial charge is 0.455 e. The smallest absolute Gasteiger partial charge is 0.227 e. The monoisotopic (exact) mass is 638 g/mol. The second-order valence-electron chi connectivity index (χ2n) is 13.0. The summed E-state index contributed by atoms with van der Waals surface area (Å²) >= 11 is 0. The fraction of sp³-hybridized carbons (Fsp3) is 0.400. The molecule has 0 radical (unpaired) electrons. The van der Waals surface area contributed by atoms with E-state index in [1.807, 2.05) is 36.7 Å². The molecule has 0 unspecified atom stereocenters. The van der Waals surface area contributed by atoms with Gasteiger partial charge in [-0.3, -0.25) is 9.48 Å². The molecule has 4 heterocycles. The van der Waals surface area contributed by atoms with Gasteiger partial charge in [0.05, 0.1) is 43.5 Å². The van der Waals surface area contributed by atoms with Crippen LogP contribution in [0.5, 0.6) is 11.5 Å². The van der Waals surface area contributed by atoms with Gasteiger partial charge in [0.2, 0.25) is 11.9 Å². The average Bonchev–Trinajstić information content (AvgIpc) is 3.58. The highest BCUT2D eigenvalue weighted by molar-refractivity contribution is 5.90. The van der Waals surface area contributed by atoms with Crippen LogP contribution in [0.3, 0.4) is 0 Å². The van der Waals surface area contributed by atoms with Crippen molar-refractivity contribution in [3.05, 3.63) is 77.7 Å². The van der Waals surface area contributed by atoms with Gasteiger partial charge in [-0.1, -0.05) is 51.1 Å². The third kappa shape index (κ3) is 7.28. The number of rotatable bonds is 12. The van der Waals surface area contributed by atoms with Crippen LogP contribution in [0.15, 0.2) is 60.9 Å². The highest BCUT2D eigenvalue weighted by Crippen LogP contribution is 2.39. The third-order valence-corrected chi connectivity index (χ3v) is 8.35. The highest BCUT2D eigenvalue weighted by Gasteiger charge is 2.35. The lowest BCUT2D eigenvalue weighted by atomic mass is 9.86. The van der Waals surface area contributed by atoms with Gasteiger partial charge >= 0.3 is 0 Å². The van der Waals surface area contributed by atoms with Gasteiger partial charge in [-0.05, 0) is 31.4 Å². The summed E-state index contributed by atoms with van der Waals surface area (Å²) in [5, 5.41) is 11.2. The summed E-state index contributed by atoms with van der Waals surface area (Å²) in [4.78, 5) is 25.7. The average molecular weight is 639 g/mol. The standard InChI is InChI=1S/C35H42N8O4/c1-22-27(47-25-12-14-36-29(18-25)38-31(44)13-15-45-6)20-37-33-32(22)42(5)34(40-33)39-30-19-28(35(2,3)4)43(41-30)24-16-26(17-24)46-21-23-10-8-7-9-11-23/h7-12,14,18-20,24,26H,13,15-17,21H2,1-6H3,(H,36,38,44)(H,37,39,40,41)/t24-,26-. The first-order valence-electron chi connectivity index (χ1n) is 15.9. The number of anilines is 3. The van der Waals surface area contributed by atoms with Gasteiger partial charge in [-0.2, -0.15) is 10.1 Å². The molecule has 47 heavy (non-hydrogen) atoms. The molecule has 2 N–H and O–H groups in total. The number of nitrogens with zero attached hydrogens (tertiary/aromatic N) is 6. The summed E-state index contributed by atoms with van der Waals surface area (Å²) in [7, 11) is 3.50. The Kier molecular flexibility index (Phi) is 9.24. The SMILES string of the molecule is COCCC(=O)Nc1cc(Oc2cnc3nc(Nc4cc(C(C)(C)C)n([C@H]5C[C@H](OCc6ccccc6)C5)n4)n(C)c3c2C)ccn1. The van der Waals surface area contributed by atoms with E-state index in [4.69, 9.17) is 24.3 Å². The number of hydrogen-bond donors (Lipinski definition) is 2. The van der Waals surface area contributed by atoms with Crippen LogP contribution in [0.2, 0.25) is 0 Å².